The Labute approximate surface area is 221 Å². The first-order chi connectivity index (χ1) is 17.6. The Hall–Kier alpha value is -1.91. The van der Waals surface area contributed by atoms with Crippen LogP contribution in [-0.4, -0.2) is 30.1 Å². The van der Waals surface area contributed by atoms with Crippen LogP contribution in [0.3, 0.4) is 0 Å². The van der Waals surface area contributed by atoms with Gasteiger partial charge in [-0.1, -0.05) is 136 Å². The van der Waals surface area contributed by atoms with Crippen molar-refractivity contribution in [2.24, 2.45) is 5.92 Å². The van der Waals surface area contributed by atoms with Gasteiger partial charge in [0.05, 0.1) is 13.2 Å². The smallest absolute Gasteiger partial charge is 0.356 e. The predicted octanol–water partition coefficient (Wildman–Crippen LogP) is 9.09. The van der Waals surface area contributed by atoms with Gasteiger partial charge in [0.25, 0.3) is 0 Å². The molecule has 0 atom stereocenters. The second kappa shape index (κ2) is 22.3. The lowest BCUT2D eigenvalue weighted by Gasteiger charge is -2.12. The third-order valence-electron chi connectivity index (χ3n) is 7.00. The Morgan fingerprint density at radius 2 is 1.06 bits per heavy atom. The zero-order chi connectivity index (χ0) is 26.3. The Balaban J connectivity index is 2.03. The Morgan fingerprint density at radius 3 is 1.50 bits per heavy atom. The second-order valence-corrected chi connectivity index (χ2v) is 10.1. The van der Waals surface area contributed by atoms with Crippen molar-refractivity contribution >= 4 is 11.9 Å². The van der Waals surface area contributed by atoms with Crippen LogP contribution in [0.15, 0.2) is 18.2 Å². The molecule has 0 aliphatic rings. The molecule has 0 spiro atoms. The lowest BCUT2D eigenvalue weighted by Crippen LogP contribution is -2.16. The minimum Gasteiger partial charge on any atom is -0.461 e. The Morgan fingerprint density at radius 1 is 0.639 bits per heavy atom. The molecule has 1 heterocycles. The molecule has 5 heteroatoms. The van der Waals surface area contributed by atoms with E-state index in [0.29, 0.717) is 19.1 Å². The standard InChI is InChI=1S/C31H53NO4/c1-4-7-8-9-10-11-12-13-14-15-16-17-18-19-20-21-25-35-30(33)28-23-22-24-29(32-28)31(34)36-26-27(5-2)6-3/h22-24,27H,4-21,25-26H2,1-3H3. The molecule has 0 fully saturated rings. The predicted molar refractivity (Wildman–Crippen MR) is 148 cm³/mol. The van der Waals surface area contributed by atoms with Gasteiger partial charge >= 0.3 is 11.9 Å². The highest BCUT2D eigenvalue weighted by Gasteiger charge is 2.15. The molecular formula is C31H53NO4. The summed E-state index contributed by atoms with van der Waals surface area (Å²) >= 11 is 0. The van der Waals surface area contributed by atoms with Crippen molar-refractivity contribution in [3.63, 3.8) is 0 Å². The van der Waals surface area contributed by atoms with Crippen LogP contribution >= 0.6 is 0 Å². The molecule has 0 aromatic carbocycles. The molecule has 0 aliphatic heterocycles. The molecule has 0 saturated heterocycles. The molecule has 206 valence electrons. The summed E-state index contributed by atoms with van der Waals surface area (Å²) in [5, 5.41) is 0. The fourth-order valence-corrected chi connectivity index (χ4v) is 4.34. The average Bonchev–Trinajstić information content (AvgIpc) is 2.90. The van der Waals surface area contributed by atoms with E-state index in [9.17, 15) is 9.59 Å². The van der Waals surface area contributed by atoms with Gasteiger partial charge in [0.1, 0.15) is 11.4 Å². The van der Waals surface area contributed by atoms with Crippen molar-refractivity contribution in [2.45, 2.75) is 136 Å². The van der Waals surface area contributed by atoms with E-state index >= 15 is 0 Å². The van der Waals surface area contributed by atoms with Crippen molar-refractivity contribution in [1.82, 2.24) is 4.98 Å². The lowest BCUT2D eigenvalue weighted by atomic mass is 10.0. The topological polar surface area (TPSA) is 65.5 Å². The highest BCUT2D eigenvalue weighted by Crippen LogP contribution is 2.14. The van der Waals surface area contributed by atoms with Crippen molar-refractivity contribution in [2.75, 3.05) is 13.2 Å². The number of nitrogens with zero attached hydrogens (tertiary/aromatic N) is 1. The molecule has 1 rings (SSSR count). The third-order valence-corrected chi connectivity index (χ3v) is 7.00. The average molecular weight is 504 g/mol. The summed E-state index contributed by atoms with van der Waals surface area (Å²) in [4.78, 5) is 28.7. The van der Waals surface area contributed by atoms with E-state index in [2.05, 4.69) is 25.8 Å². The minimum atomic E-state index is -0.491. The van der Waals surface area contributed by atoms with Gasteiger partial charge in [-0.15, -0.1) is 0 Å². The number of ether oxygens (including phenoxy) is 2. The summed E-state index contributed by atoms with van der Waals surface area (Å²) < 4.78 is 10.7. The molecule has 1 aromatic rings. The fourth-order valence-electron chi connectivity index (χ4n) is 4.34. The number of carbonyl (C=O) groups excluding carboxylic acids is 2. The maximum absolute atomic E-state index is 12.3. The van der Waals surface area contributed by atoms with Crippen molar-refractivity contribution in [1.29, 1.82) is 0 Å². The van der Waals surface area contributed by atoms with E-state index in [1.807, 2.05) is 0 Å². The van der Waals surface area contributed by atoms with Crippen LogP contribution in [0.25, 0.3) is 0 Å². The van der Waals surface area contributed by atoms with E-state index in [1.54, 1.807) is 18.2 Å². The van der Waals surface area contributed by atoms with Crippen LogP contribution in [-0.2, 0) is 9.47 Å². The van der Waals surface area contributed by atoms with E-state index in [0.717, 1.165) is 25.7 Å². The maximum atomic E-state index is 12.3. The summed E-state index contributed by atoms with van der Waals surface area (Å²) in [6.45, 7) is 7.20. The highest BCUT2D eigenvalue weighted by atomic mass is 16.5. The van der Waals surface area contributed by atoms with Gasteiger partial charge in [0, 0.05) is 0 Å². The Bertz CT molecular complexity index is 687. The number of hydrogen-bond donors (Lipinski definition) is 0. The van der Waals surface area contributed by atoms with E-state index in [4.69, 9.17) is 9.47 Å². The lowest BCUT2D eigenvalue weighted by molar-refractivity contribution is 0.0425. The zero-order valence-electron chi connectivity index (χ0n) is 23.5. The van der Waals surface area contributed by atoms with Crippen LogP contribution in [0, 0.1) is 5.92 Å². The number of hydrogen-bond acceptors (Lipinski definition) is 5. The van der Waals surface area contributed by atoms with Crippen LogP contribution in [0.2, 0.25) is 0 Å². The molecule has 0 saturated carbocycles. The summed E-state index contributed by atoms with van der Waals surface area (Å²) in [6, 6.07) is 4.79. The highest BCUT2D eigenvalue weighted by molar-refractivity contribution is 5.91. The zero-order valence-corrected chi connectivity index (χ0v) is 23.5. The molecule has 0 aliphatic carbocycles. The van der Waals surface area contributed by atoms with E-state index < -0.39 is 11.9 Å². The summed E-state index contributed by atoms with van der Waals surface area (Å²) in [5.41, 5.74) is 0.307. The van der Waals surface area contributed by atoms with Gasteiger partial charge in [-0.3, -0.25) is 0 Å². The Kier molecular flexibility index (Phi) is 19.9. The quantitative estimate of drug-likeness (QED) is 0.110. The second-order valence-electron chi connectivity index (χ2n) is 10.1. The molecule has 0 unspecified atom stereocenters. The molecule has 5 nitrogen and oxygen atoms in total. The summed E-state index contributed by atoms with van der Waals surface area (Å²) in [5.74, 6) is -0.623. The fraction of sp³-hybridized carbons (Fsp3) is 0.774. The van der Waals surface area contributed by atoms with Crippen molar-refractivity contribution in [3.05, 3.63) is 29.6 Å². The largest absolute Gasteiger partial charge is 0.461 e. The van der Waals surface area contributed by atoms with Gasteiger partial charge in [-0.2, -0.15) is 0 Å². The van der Waals surface area contributed by atoms with Crippen LogP contribution in [0.4, 0.5) is 0 Å². The minimum absolute atomic E-state index is 0.151. The van der Waals surface area contributed by atoms with Gasteiger partial charge in [-0.05, 0) is 24.5 Å². The van der Waals surface area contributed by atoms with Gasteiger partial charge in [0.15, 0.2) is 0 Å². The van der Waals surface area contributed by atoms with Gasteiger partial charge in [-0.25, -0.2) is 14.6 Å². The van der Waals surface area contributed by atoms with Crippen LogP contribution < -0.4 is 0 Å². The SMILES string of the molecule is CCCCCCCCCCCCCCCCCCOC(=O)c1cccc(C(=O)OCC(CC)CC)n1. The number of esters is 2. The monoisotopic (exact) mass is 503 g/mol. The maximum Gasteiger partial charge on any atom is 0.356 e. The third kappa shape index (κ3) is 16.0. The van der Waals surface area contributed by atoms with Crippen molar-refractivity contribution < 1.29 is 19.1 Å². The summed E-state index contributed by atoms with van der Waals surface area (Å²) in [6.07, 6.45) is 22.9. The normalized spacial score (nSPS) is 11.1. The molecule has 0 bridgehead atoms. The first-order valence-electron chi connectivity index (χ1n) is 14.9. The number of unbranched alkanes of at least 4 members (excludes halogenated alkanes) is 15. The number of carbonyl (C=O) groups is 2. The van der Waals surface area contributed by atoms with E-state index in [1.165, 1.54) is 89.9 Å². The molecular weight excluding hydrogens is 450 g/mol. The first kappa shape index (κ1) is 32.1. The number of pyridine rings is 1. The molecule has 0 radical (unpaired) electrons. The molecule has 1 aromatic heterocycles. The number of aromatic nitrogens is 1. The molecule has 36 heavy (non-hydrogen) atoms. The van der Waals surface area contributed by atoms with E-state index in [-0.39, 0.29) is 11.4 Å². The molecule has 0 N–H and O–H groups in total. The van der Waals surface area contributed by atoms with Gasteiger partial charge < -0.3 is 9.47 Å². The van der Waals surface area contributed by atoms with Gasteiger partial charge in [0.2, 0.25) is 0 Å². The molecule has 0 amide bonds. The van der Waals surface area contributed by atoms with Crippen molar-refractivity contribution in [3.8, 4) is 0 Å². The first-order valence-corrected chi connectivity index (χ1v) is 14.9. The van der Waals surface area contributed by atoms with Crippen LogP contribution in [0.1, 0.15) is 157 Å². The van der Waals surface area contributed by atoms with Crippen LogP contribution in [0.5, 0.6) is 0 Å². The number of rotatable bonds is 23. The summed E-state index contributed by atoms with van der Waals surface area (Å²) in [7, 11) is 0.